The number of H-pyrrole nitrogens is 1. The van der Waals surface area contributed by atoms with Crippen LogP contribution >= 0.6 is 11.6 Å². The number of nitrogens with zero attached hydrogens (tertiary/aromatic N) is 1. The summed E-state index contributed by atoms with van der Waals surface area (Å²) in [6.45, 7) is 3.53. The number of ether oxygens (including phenoxy) is 1. The van der Waals surface area contributed by atoms with Gasteiger partial charge in [-0.2, -0.15) is 4.72 Å². The Labute approximate surface area is 177 Å². The molecule has 0 fully saturated rings. The van der Waals surface area contributed by atoms with Crippen molar-refractivity contribution in [3.8, 4) is 5.75 Å². The Morgan fingerprint density at radius 2 is 2.03 bits per heavy atom. The fourth-order valence-electron chi connectivity index (χ4n) is 2.98. The van der Waals surface area contributed by atoms with Crippen LogP contribution in [0.5, 0.6) is 5.75 Å². The van der Waals surface area contributed by atoms with Crippen molar-refractivity contribution in [3.05, 3.63) is 74.3 Å². The highest BCUT2D eigenvalue weighted by Crippen LogP contribution is 2.30. The number of aryl methyl sites for hydroxylation is 1. The van der Waals surface area contributed by atoms with Crippen LogP contribution in [0.15, 0.2) is 44.4 Å². The first-order valence-electron chi connectivity index (χ1n) is 8.78. The third-order valence-electron chi connectivity index (χ3n) is 4.69. The zero-order valence-corrected chi connectivity index (χ0v) is 17.9. The molecule has 0 amide bonds. The van der Waals surface area contributed by atoms with Gasteiger partial charge in [-0.15, -0.1) is 5.10 Å². The van der Waals surface area contributed by atoms with Crippen LogP contribution in [0.25, 0.3) is 0 Å². The lowest BCUT2D eigenvalue weighted by molar-refractivity contribution is 0.395. The Balaban J connectivity index is 2.05. The summed E-state index contributed by atoms with van der Waals surface area (Å²) in [5.41, 5.74) is 1.76. The van der Waals surface area contributed by atoms with Gasteiger partial charge < -0.3 is 9.15 Å². The third kappa shape index (κ3) is 4.55. The molecule has 1 atom stereocenters. The zero-order chi connectivity index (χ0) is 22.1. The number of benzene rings is 2. The number of nitrogens with one attached hydrogen (secondary N) is 2. The first kappa shape index (κ1) is 22.0. The van der Waals surface area contributed by atoms with Crippen molar-refractivity contribution in [1.29, 1.82) is 0 Å². The van der Waals surface area contributed by atoms with Gasteiger partial charge in [-0.05, 0) is 48.7 Å². The molecule has 0 saturated carbocycles. The third-order valence-corrected chi connectivity index (χ3v) is 6.43. The summed E-state index contributed by atoms with van der Waals surface area (Å²) >= 11 is 5.91. The number of halogens is 2. The topological polar surface area (TPSA) is 114 Å². The van der Waals surface area contributed by atoms with E-state index in [2.05, 4.69) is 14.9 Å². The predicted octanol–water partition coefficient (Wildman–Crippen LogP) is 3.04. The number of methoxy groups -OCH3 is 1. The Morgan fingerprint density at radius 3 is 2.67 bits per heavy atom. The zero-order valence-electron chi connectivity index (χ0n) is 16.3. The average molecular weight is 456 g/mol. The molecular formula is C19H19ClFN3O5S. The van der Waals surface area contributed by atoms with Crippen LogP contribution in [0, 0.1) is 19.7 Å². The lowest BCUT2D eigenvalue weighted by atomic mass is 9.97. The van der Waals surface area contributed by atoms with E-state index in [1.165, 1.54) is 31.4 Å². The fourth-order valence-corrected chi connectivity index (χ4v) is 4.48. The molecule has 0 aliphatic carbocycles. The van der Waals surface area contributed by atoms with Gasteiger partial charge >= 0.3 is 5.76 Å². The van der Waals surface area contributed by atoms with Crippen LogP contribution in [0.1, 0.15) is 28.6 Å². The van der Waals surface area contributed by atoms with Gasteiger partial charge in [0.05, 0.1) is 7.11 Å². The lowest BCUT2D eigenvalue weighted by Crippen LogP contribution is -2.31. The predicted molar refractivity (Wildman–Crippen MR) is 108 cm³/mol. The van der Waals surface area contributed by atoms with Crippen molar-refractivity contribution < 1.29 is 22.0 Å². The second-order valence-electron chi connectivity index (χ2n) is 6.59. The van der Waals surface area contributed by atoms with Crippen molar-refractivity contribution in [1.82, 2.24) is 14.9 Å². The first-order valence-corrected chi connectivity index (χ1v) is 10.6. The maximum Gasteiger partial charge on any atom is 0.434 e. The molecule has 2 aromatic carbocycles. The SMILES string of the molecule is COc1cc(Cl)ccc1S(=O)(=O)NC(Cc1c(F)ccc(C)c1C)c1n[nH]c(=O)o1. The molecule has 3 rings (SSSR count). The summed E-state index contributed by atoms with van der Waals surface area (Å²) < 4.78 is 53.1. The van der Waals surface area contributed by atoms with E-state index in [0.29, 0.717) is 5.56 Å². The van der Waals surface area contributed by atoms with E-state index in [1.54, 1.807) is 13.0 Å². The van der Waals surface area contributed by atoms with Crippen LogP contribution in [0.4, 0.5) is 4.39 Å². The molecule has 0 saturated heterocycles. The normalized spacial score (nSPS) is 12.7. The van der Waals surface area contributed by atoms with Gasteiger partial charge in [-0.3, -0.25) is 0 Å². The van der Waals surface area contributed by atoms with E-state index >= 15 is 0 Å². The minimum atomic E-state index is -4.19. The standard InChI is InChI=1S/C19H19ClFN3O5S/c1-10-4-6-14(21)13(11(10)2)9-15(18-22-23-19(25)29-18)24-30(26,27)17-7-5-12(20)8-16(17)28-3/h4-8,15,24H,9H2,1-3H3,(H,23,25). The lowest BCUT2D eigenvalue weighted by Gasteiger charge is -2.19. The molecule has 1 heterocycles. The number of hydrogen-bond acceptors (Lipinski definition) is 6. The van der Waals surface area contributed by atoms with Crippen molar-refractivity contribution in [2.75, 3.05) is 7.11 Å². The van der Waals surface area contributed by atoms with Crippen molar-refractivity contribution in [2.24, 2.45) is 0 Å². The average Bonchev–Trinajstić information content (AvgIpc) is 3.13. The molecule has 11 heteroatoms. The molecule has 8 nitrogen and oxygen atoms in total. The minimum absolute atomic E-state index is 0.0233. The minimum Gasteiger partial charge on any atom is -0.495 e. The van der Waals surface area contributed by atoms with E-state index in [-0.39, 0.29) is 33.5 Å². The van der Waals surface area contributed by atoms with Gasteiger partial charge in [0.25, 0.3) is 0 Å². The molecule has 1 aromatic heterocycles. The van der Waals surface area contributed by atoms with Crippen LogP contribution in [-0.2, 0) is 16.4 Å². The largest absolute Gasteiger partial charge is 0.495 e. The van der Waals surface area contributed by atoms with Crippen molar-refractivity contribution >= 4 is 21.6 Å². The Bertz CT molecular complexity index is 1240. The number of aromatic nitrogens is 2. The van der Waals surface area contributed by atoms with Crippen LogP contribution in [0.3, 0.4) is 0 Å². The molecular weight excluding hydrogens is 437 g/mol. The number of aromatic amines is 1. The molecule has 3 aromatic rings. The van der Waals surface area contributed by atoms with Crippen LogP contribution in [0.2, 0.25) is 5.02 Å². The number of rotatable bonds is 7. The molecule has 0 aliphatic heterocycles. The van der Waals surface area contributed by atoms with Gasteiger partial charge in [0.1, 0.15) is 22.5 Å². The van der Waals surface area contributed by atoms with Gasteiger partial charge in [0, 0.05) is 17.5 Å². The van der Waals surface area contributed by atoms with Gasteiger partial charge in [-0.1, -0.05) is 17.7 Å². The van der Waals surface area contributed by atoms with E-state index in [9.17, 15) is 17.6 Å². The molecule has 0 radical (unpaired) electrons. The molecule has 0 aliphatic rings. The second kappa shape index (κ2) is 8.58. The molecule has 0 bridgehead atoms. The molecule has 160 valence electrons. The highest BCUT2D eigenvalue weighted by Gasteiger charge is 2.29. The van der Waals surface area contributed by atoms with Crippen LogP contribution in [-0.4, -0.2) is 25.7 Å². The monoisotopic (exact) mass is 455 g/mol. The summed E-state index contributed by atoms with van der Waals surface area (Å²) in [6, 6.07) is 5.79. The van der Waals surface area contributed by atoms with Gasteiger partial charge in [0.15, 0.2) is 0 Å². The van der Waals surface area contributed by atoms with Crippen molar-refractivity contribution in [2.45, 2.75) is 31.2 Å². The summed E-state index contributed by atoms with van der Waals surface area (Å²) in [4.78, 5) is 11.3. The number of sulfonamides is 1. The van der Waals surface area contributed by atoms with E-state index < -0.39 is 27.6 Å². The summed E-state index contributed by atoms with van der Waals surface area (Å²) in [5, 5.41) is 6.10. The van der Waals surface area contributed by atoms with E-state index in [1.807, 2.05) is 6.92 Å². The number of hydrogen-bond donors (Lipinski definition) is 2. The van der Waals surface area contributed by atoms with Gasteiger partial charge in [-0.25, -0.2) is 22.7 Å². The Kier molecular flexibility index (Phi) is 6.30. The van der Waals surface area contributed by atoms with Crippen LogP contribution < -0.4 is 15.2 Å². The van der Waals surface area contributed by atoms with E-state index in [4.69, 9.17) is 20.8 Å². The molecule has 2 N–H and O–H groups in total. The summed E-state index contributed by atoms with van der Waals surface area (Å²) in [6.07, 6.45) is -0.137. The van der Waals surface area contributed by atoms with Gasteiger partial charge in [0.2, 0.25) is 15.9 Å². The molecule has 0 spiro atoms. The molecule has 1 unspecified atom stereocenters. The molecule has 30 heavy (non-hydrogen) atoms. The Hall–Kier alpha value is -2.69. The smallest absolute Gasteiger partial charge is 0.434 e. The van der Waals surface area contributed by atoms with E-state index in [0.717, 1.165) is 5.56 Å². The highest BCUT2D eigenvalue weighted by atomic mass is 35.5. The maximum absolute atomic E-state index is 14.5. The Morgan fingerprint density at radius 1 is 1.30 bits per heavy atom. The quantitative estimate of drug-likeness (QED) is 0.566. The maximum atomic E-state index is 14.5. The highest BCUT2D eigenvalue weighted by molar-refractivity contribution is 7.89. The van der Waals surface area contributed by atoms with Crippen molar-refractivity contribution in [3.63, 3.8) is 0 Å². The summed E-state index contributed by atoms with van der Waals surface area (Å²) in [5.74, 6) is -1.57. The first-order chi connectivity index (χ1) is 14.1. The second-order valence-corrected chi connectivity index (χ2v) is 8.71. The summed E-state index contributed by atoms with van der Waals surface area (Å²) in [7, 11) is -2.88. The fraction of sp³-hybridized carbons (Fsp3) is 0.263.